The summed E-state index contributed by atoms with van der Waals surface area (Å²) in [4.78, 5) is 6.59. The molecule has 1 rings (SSSR count). The Morgan fingerprint density at radius 3 is 2.62 bits per heavy atom. The second-order valence-electron chi connectivity index (χ2n) is 6.22. The number of morpholine rings is 1. The zero-order valence-corrected chi connectivity index (χ0v) is 16.5. The number of likely N-dealkylation sites (N-methyl/N-ethyl adjacent to an activating group) is 1. The Morgan fingerprint density at radius 1 is 1.33 bits per heavy atom. The monoisotopic (exact) mass is 412 g/mol. The highest BCUT2D eigenvalue weighted by atomic mass is 127. The molecule has 1 fully saturated rings. The van der Waals surface area contributed by atoms with E-state index in [1.54, 1.807) is 0 Å². The highest BCUT2D eigenvalue weighted by molar-refractivity contribution is 14.0. The number of rotatable bonds is 6. The number of nitrogens with zero attached hydrogens (tertiary/aromatic N) is 2. The molecule has 0 saturated carbocycles. The quantitative estimate of drug-likeness (QED) is 0.398. The fourth-order valence-corrected chi connectivity index (χ4v) is 2.28. The van der Waals surface area contributed by atoms with Gasteiger partial charge in [0.2, 0.25) is 0 Å². The van der Waals surface area contributed by atoms with Crippen molar-refractivity contribution in [3.05, 3.63) is 0 Å². The molecule has 0 bridgehead atoms. The zero-order chi connectivity index (χ0) is 15.0. The number of ether oxygens (including phenoxy) is 1. The predicted molar refractivity (Wildman–Crippen MR) is 101 cm³/mol. The highest BCUT2D eigenvalue weighted by Gasteiger charge is 2.18. The van der Waals surface area contributed by atoms with Crippen LogP contribution in [0.1, 0.15) is 33.6 Å². The molecule has 2 unspecified atom stereocenters. The Hall–Kier alpha value is -0.0800. The van der Waals surface area contributed by atoms with E-state index in [0.717, 1.165) is 38.1 Å². The van der Waals surface area contributed by atoms with Crippen LogP contribution in [0.15, 0.2) is 4.99 Å². The Morgan fingerprint density at radius 2 is 2.05 bits per heavy atom. The van der Waals surface area contributed by atoms with Crippen molar-refractivity contribution in [2.45, 2.75) is 45.8 Å². The Bertz CT molecular complexity index is 299. The summed E-state index contributed by atoms with van der Waals surface area (Å²) < 4.78 is 5.74. The first kappa shape index (κ1) is 20.9. The summed E-state index contributed by atoms with van der Waals surface area (Å²) in [6.45, 7) is 10.4. The molecule has 0 radical (unpaired) electrons. The molecule has 1 aliphatic rings. The second-order valence-corrected chi connectivity index (χ2v) is 6.22. The molecule has 1 heterocycles. The van der Waals surface area contributed by atoms with Crippen molar-refractivity contribution in [3.8, 4) is 0 Å². The van der Waals surface area contributed by atoms with Crippen molar-refractivity contribution in [1.82, 2.24) is 15.5 Å². The minimum absolute atomic E-state index is 0. The largest absolute Gasteiger partial charge is 0.374 e. The van der Waals surface area contributed by atoms with Crippen LogP contribution in [0.2, 0.25) is 0 Å². The maximum atomic E-state index is 5.74. The molecule has 1 saturated heterocycles. The fraction of sp³-hybridized carbons (Fsp3) is 0.933. The van der Waals surface area contributed by atoms with Gasteiger partial charge >= 0.3 is 0 Å². The van der Waals surface area contributed by atoms with E-state index in [-0.39, 0.29) is 30.1 Å². The minimum atomic E-state index is 0. The standard InChI is InChI=1S/C15H32N4O.HI/c1-12(2)6-7-13(3)18-15(16-4)17-10-14-11-19(5)8-9-20-14;/h12-14H,6-11H2,1-5H3,(H2,16,17,18);1H. The lowest BCUT2D eigenvalue weighted by atomic mass is 10.0. The van der Waals surface area contributed by atoms with Crippen LogP contribution in [0, 0.1) is 5.92 Å². The van der Waals surface area contributed by atoms with Gasteiger partial charge in [0.05, 0.1) is 12.7 Å². The molecule has 2 N–H and O–H groups in total. The smallest absolute Gasteiger partial charge is 0.191 e. The molecule has 126 valence electrons. The van der Waals surface area contributed by atoms with Crippen molar-refractivity contribution < 1.29 is 4.74 Å². The van der Waals surface area contributed by atoms with Gasteiger partial charge < -0.3 is 20.3 Å². The van der Waals surface area contributed by atoms with Gasteiger partial charge in [-0.15, -0.1) is 24.0 Å². The zero-order valence-electron chi connectivity index (χ0n) is 14.2. The molecule has 2 atom stereocenters. The minimum Gasteiger partial charge on any atom is -0.374 e. The maximum Gasteiger partial charge on any atom is 0.191 e. The molecule has 5 nitrogen and oxygen atoms in total. The number of aliphatic imine (C=N–C) groups is 1. The number of nitrogens with one attached hydrogen (secondary N) is 2. The predicted octanol–water partition coefficient (Wildman–Crippen LogP) is 1.92. The molecule has 1 aliphatic heterocycles. The third-order valence-corrected chi connectivity index (χ3v) is 3.62. The van der Waals surface area contributed by atoms with Gasteiger partial charge in [0.1, 0.15) is 0 Å². The third kappa shape index (κ3) is 9.52. The maximum absolute atomic E-state index is 5.74. The summed E-state index contributed by atoms with van der Waals surface area (Å²) in [5, 5.41) is 6.81. The van der Waals surface area contributed by atoms with Gasteiger partial charge in [-0.3, -0.25) is 4.99 Å². The number of halogens is 1. The lowest BCUT2D eigenvalue weighted by Gasteiger charge is -2.30. The third-order valence-electron chi connectivity index (χ3n) is 3.62. The number of guanidine groups is 1. The number of hydrogen-bond donors (Lipinski definition) is 2. The number of hydrogen-bond acceptors (Lipinski definition) is 3. The molecule has 0 aliphatic carbocycles. The summed E-state index contributed by atoms with van der Waals surface area (Å²) in [6, 6.07) is 0.443. The van der Waals surface area contributed by atoms with Gasteiger partial charge in [-0.1, -0.05) is 13.8 Å². The molecule has 0 aromatic rings. The van der Waals surface area contributed by atoms with Crippen LogP contribution < -0.4 is 10.6 Å². The van der Waals surface area contributed by atoms with Crippen molar-refractivity contribution in [2.75, 3.05) is 40.3 Å². The van der Waals surface area contributed by atoms with Crippen molar-refractivity contribution in [1.29, 1.82) is 0 Å². The molecule has 0 aromatic carbocycles. The van der Waals surface area contributed by atoms with E-state index in [9.17, 15) is 0 Å². The van der Waals surface area contributed by atoms with E-state index in [1.165, 1.54) is 12.8 Å². The van der Waals surface area contributed by atoms with Crippen LogP contribution in [0.25, 0.3) is 0 Å². The molecular formula is C15H33IN4O. The molecule has 0 spiro atoms. The summed E-state index contributed by atoms with van der Waals surface area (Å²) >= 11 is 0. The highest BCUT2D eigenvalue weighted by Crippen LogP contribution is 2.06. The first-order valence-corrected chi connectivity index (χ1v) is 7.78. The second kappa shape index (κ2) is 11.5. The Labute approximate surface area is 147 Å². The van der Waals surface area contributed by atoms with E-state index in [4.69, 9.17) is 4.74 Å². The molecular weight excluding hydrogens is 379 g/mol. The summed E-state index contributed by atoms with van der Waals surface area (Å²) in [7, 11) is 3.95. The first-order valence-electron chi connectivity index (χ1n) is 7.78. The molecule has 0 aromatic heterocycles. The van der Waals surface area contributed by atoms with Crippen molar-refractivity contribution >= 4 is 29.9 Å². The summed E-state index contributed by atoms with van der Waals surface area (Å²) in [5.41, 5.74) is 0. The van der Waals surface area contributed by atoms with Gasteiger partial charge in [0.15, 0.2) is 5.96 Å². The lowest BCUT2D eigenvalue weighted by molar-refractivity contribution is -0.0161. The van der Waals surface area contributed by atoms with Crippen LogP contribution in [-0.4, -0.2) is 63.3 Å². The first-order chi connectivity index (χ1) is 9.51. The van der Waals surface area contributed by atoms with E-state index in [2.05, 4.69) is 48.3 Å². The van der Waals surface area contributed by atoms with Gasteiger partial charge in [-0.25, -0.2) is 0 Å². The SMILES string of the molecule is CN=C(NCC1CN(C)CCO1)NC(C)CCC(C)C.I. The summed E-state index contributed by atoms with van der Waals surface area (Å²) in [5.74, 6) is 1.62. The van der Waals surface area contributed by atoms with Crippen LogP contribution in [-0.2, 0) is 4.74 Å². The van der Waals surface area contributed by atoms with Crippen molar-refractivity contribution in [3.63, 3.8) is 0 Å². The normalized spacial score (nSPS) is 21.8. The molecule has 0 amide bonds. The van der Waals surface area contributed by atoms with Gasteiger partial charge in [-0.2, -0.15) is 0 Å². The average Bonchev–Trinajstić information content (AvgIpc) is 2.41. The molecule has 21 heavy (non-hydrogen) atoms. The average molecular weight is 412 g/mol. The van der Waals surface area contributed by atoms with Crippen LogP contribution in [0.3, 0.4) is 0 Å². The topological polar surface area (TPSA) is 48.9 Å². The van der Waals surface area contributed by atoms with E-state index in [0.29, 0.717) is 6.04 Å². The van der Waals surface area contributed by atoms with Crippen LogP contribution in [0.5, 0.6) is 0 Å². The Kier molecular flexibility index (Phi) is 11.4. The van der Waals surface area contributed by atoms with E-state index in [1.807, 2.05) is 7.05 Å². The summed E-state index contributed by atoms with van der Waals surface area (Å²) in [6.07, 6.45) is 2.65. The van der Waals surface area contributed by atoms with E-state index < -0.39 is 0 Å². The van der Waals surface area contributed by atoms with Gasteiger partial charge in [0.25, 0.3) is 0 Å². The Balaban J connectivity index is 0.00000400. The molecule has 6 heteroatoms. The van der Waals surface area contributed by atoms with Crippen LogP contribution in [0.4, 0.5) is 0 Å². The van der Waals surface area contributed by atoms with Gasteiger partial charge in [-0.05, 0) is 32.7 Å². The van der Waals surface area contributed by atoms with Crippen LogP contribution >= 0.6 is 24.0 Å². The lowest BCUT2D eigenvalue weighted by Crippen LogP contribution is -2.49. The van der Waals surface area contributed by atoms with Crippen molar-refractivity contribution in [2.24, 2.45) is 10.9 Å². The fourth-order valence-electron chi connectivity index (χ4n) is 2.28. The van der Waals surface area contributed by atoms with Gasteiger partial charge in [0, 0.05) is 32.7 Å². The van der Waals surface area contributed by atoms with E-state index >= 15 is 0 Å².